The first-order chi connectivity index (χ1) is 10.1. The van der Waals surface area contributed by atoms with Gasteiger partial charge in [0.2, 0.25) is 5.91 Å². The molecule has 1 heterocycles. The SMILES string of the molecule is COc1cc(C(C)C)ccc1CCNC(=O)C1CCCO1. The lowest BCUT2D eigenvalue weighted by Gasteiger charge is -2.14. The number of rotatable bonds is 6. The van der Waals surface area contributed by atoms with E-state index in [2.05, 4.69) is 37.4 Å². The molecule has 1 atom stereocenters. The summed E-state index contributed by atoms with van der Waals surface area (Å²) in [4.78, 5) is 11.9. The summed E-state index contributed by atoms with van der Waals surface area (Å²) in [6.45, 7) is 5.63. The number of hydrogen-bond acceptors (Lipinski definition) is 3. The molecule has 0 spiro atoms. The highest BCUT2D eigenvalue weighted by Crippen LogP contribution is 2.25. The summed E-state index contributed by atoms with van der Waals surface area (Å²) in [7, 11) is 1.69. The molecule has 0 bridgehead atoms. The molecule has 0 aromatic heterocycles. The van der Waals surface area contributed by atoms with E-state index in [1.165, 1.54) is 5.56 Å². The lowest BCUT2D eigenvalue weighted by atomic mass is 10.00. The normalized spacial score (nSPS) is 18.0. The molecule has 1 aliphatic rings. The van der Waals surface area contributed by atoms with Gasteiger partial charge in [-0.15, -0.1) is 0 Å². The summed E-state index contributed by atoms with van der Waals surface area (Å²) in [5.41, 5.74) is 2.38. The van der Waals surface area contributed by atoms with Gasteiger partial charge in [0.05, 0.1) is 7.11 Å². The Bertz CT molecular complexity index is 479. The first-order valence-electron chi connectivity index (χ1n) is 7.68. The van der Waals surface area contributed by atoms with Gasteiger partial charge in [-0.25, -0.2) is 0 Å². The van der Waals surface area contributed by atoms with Gasteiger partial charge in [0, 0.05) is 13.2 Å². The minimum absolute atomic E-state index is 0.00488. The van der Waals surface area contributed by atoms with Gasteiger partial charge in [0.25, 0.3) is 0 Å². The lowest BCUT2D eigenvalue weighted by molar-refractivity contribution is -0.129. The van der Waals surface area contributed by atoms with Crippen LogP contribution in [-0.2, 0) is 16.0 Å². The van der Waals surface area contributed by atoms with Crippen molar-refractivity contribution >= 4 is 5.91 Å². The average Bonchev–Trinajstić information content (AvgIpc) is 3.01. The van der Waals surface area contributed by atoms with Crippen LogP contribution in [0.2, 0.25) is 0 Å². The van der Waals surface area contributed by atoms with Crippen LogP contribution in [0.15, 0.2) is 18.2 Å². The maximum Gasteiger partial charge on any atom is 0.249 e. The third-order valence-corrected chi connectivity index (χ3v) is 3.89. The Morgan fingerprint density at radius 2 is 2.29 bits per heavy atom. The fourth-order valence-corrected chi connectivity index (χ4v) is 2.55. The molecule has 1 aromatic rings. The second kappa shape index (κ2) is 7.46. The molecule has 4 heteroatoms. The summed E-state index contributed by atoms with van der Waals surface area (Å²) in [5, 5.41) is 2.94. The van der Waals surface area contributed by atoms with E-state index in [4.69, 9.17) is 9.47 Å². The third-order valence-electron chi connectivity index (χ3n) is 3.89. The smallest absolute Gasteiger partial charge is 0.249 e. The Kier molecular flexibility index (Phi) is 5.62. The number of amides is 1. The van der Waals surface area contributed by atoms with Gasteiger partial charge in [-0.3, -0.25) is 4.79 Å². The molecule has 1 saturated heterocycles. The van der Waals surface area contributed by atoms with E-state index in [0.29, 0.717) is 19.1 Å². The van der Waals surface area contributed by atoms with Crippen LogP contribution >= 0.6 is 0 Å². The van der Waals surface area contributed by atoms with Gasteiger partial charge < -0.3 is 14.8 Å². The number of carbonyl (C=O) groups excluding carboxylic acids is 1. The van der Waals surface area contributed by atoms with Crippen molar-refractivity contribution in [3.05, 3.63) is 29.3 Å². The molecule has 1 amide bonds. The van der Waals surface area contributed by atoms with Crippen molar-refractivity contribution in [1.82, 2.24) is 5.32 Å². The first-order valence-corrected chi connectivity index (χ1v) is 7.68. The Labute approximate surface area is 126 Å². The number of hydrogen-bond donors (Lipinski definition) is 1. The Morgan fingerprint density at radius 3 is 2.90 bits per heavy atom. The summed E-state index contributed by atoms with van der Waals surface area (Å²) < 4.78 is 10.8. The van der Waals surface area contributed by atoms with E-state index in [1.54, 1.807) is 7.11 Å². The zero-order valence-corrected chi connectivity index (χ0v) is 13.1. The largest absolute Gasteiger partial charge is 0.496 e. The van der Waals surface area contributed by atoms with E-state index in [9.17, 15) is 4.79 Å². The highest BCUT2D eigenvalue weighted by Gasteiger charge is 2.22. The van der Waals surface area contributed by atoms with Crippen LogP contribution in [-0.4, -0.2) is 32.3 Å². The molecule has 1 fully saturated rings. The zero-order valence-electron chi connectivity index (χ0n) is 13.1. The number of carbonyl (C=O) groups is 1. The second-order valence-electron chi connectivity index (χ2n) is 5.77. The van der Waals surface area contributed by atoms with Crippen LogP contribution in [0.4, 0.5) is 0 Å². The van der Waals surface area contributed by atoms with Crippen molar-refractivity contribution in [2.24, 2.45) is 0 Å². The van der Waals surface area contributed by atoms with Crippen molar-refractivity contribution in [1.29, 1.82) is 0 Å². The van der Waals surface area contributed by atoms with E-state index in [0.717, 1.165) is 30.6 Å². The number of ether oxygens (including phenoxy) is 2. The van der Waals surface area contributed by atoms with Gasteiger partial charge >= 0.3 is 0 Å². The predicted molar refractivity (Wildman–Crippen MR) is 82.8 cm³/mol. The predicted octanol–water partition coefficient (Wildman–Crippen LogP) is 2.66. The molecular formula is C17H25NO3. The van der Waals surface area contributed by atoms with Crippen molar-refractivity contribution < 1.29 is 14.3 Å². The fourth-order valence-electron chi connectivity index (χ4n) is 2.55. The van der Waals surface area contributed by atoms with Crippen molar-refractivity contribution in [3.8, 4) is 5.75 Å². The van der Waals surface area contributed by atoms with Gasteiger partial charge in [0.15, 0.2) is 0 Å². The van der Waals surface area contributed by atoms with Gasteiger partial charge in [-0.1, -0.05) is 26.0 Å². The third kappa shape index (κ3) is 4.21. The zero-order chi connectivity index (χ0) is 15.2. The minimum atomic E-state index is -0.254. The Hall–Kier alpha value is -1.55. The standard InChI is InChI=1S/C17H25NO3/c1-12(2)14-7-6-13(16(11-14)20-3)8-9-18-17(19)15-5-4-10-21-15/h6-7,11-12,15H,4-5,8-10H2,1-3H3,(H,18,19). The van der Waals surface area contributed by atoms with Crippen molar-refractivity contribution in [2.75, 3.05) is 20.3 Å². The van der Waals surface area contributed by atoms with Crippen LogP contribution in [0, 0.1) is 0 Å². The van der Waals surface area contributed by atoms with Crippen LogP contribution in [0.5, 0.6) is 5.75 Å². The van der Waals surface area contributed by atoms with E-state index < -0.39 is 0 Å². The van der Waals surface area contributed by atoms with Crippen molar-refractivity contribution in [2.45, 2.75) is 45.1 Å². The molecule has 0 radical (unpaired) electrons. The Morgan fingerprint density at radius 1 is 1.48 bits per heavy atom. The van der Waals surface area contributed by atoms with Gasteiger partial charge in [-0.05, 0) is 42.4 Å². The monoisotopic (exact) mass is 291 g/mol. The van der Waals surface area contributed by atoms with Crippen LogP contribution in [0.1, 0.15) is 43.7 Å². The van der Waals surface area contributed by atoms with E-state index >= 15 is 0 Å². The molecule has 1 aromatic carbocycles. The lowest BCUT2D eigenvalue weighted by Crippen LogP contribution is -2.35. The van der Waals surface area contributed by atoms with Gasteiger partial charge in [0.1, 0.15) is 11.9 Å². The van der Waals surface area contributed by atoms with Crippen LogP contribution < -0.4 is 10.1 Å². The molecule has 1 unspecified atom stereocenters. The summed E-state index contributed by atoms with van der Waals surface area (Å²) >= 11 is 0. The quantitative estimate of drug-likeness (QED) is 0.876. The van der Waals surface area contributed by atoms with Gasteiger partial charge in [-0.2, -0.15) is 0 Å². The molecule has 21 heavy (non-hydrogen) atoms. The topological polar surface area (TPSA) is 47.6 Å². The number of methoxy groups -OCH3 is 1. The molecule has 4 nitrogen and oxygen atoms in total. The molecule has 0 aliphatic carbocycles. The molecule has 1 N–H and O–H groups in total. The number of nitrogens with one attached hydrogen (secondary N) is 1. The van der Waals surface area contributed by atoms with Crippen molar-refractivity contribution in [3.63, 3.8) is 0 Å². The maximum absolute atomic E-state index is 11.9. The number of benzene rings is 1. The highest BCUT2D eigenvalue weighted by molar-refractivity contribution is 5.80. The Balaban J connectivity index is 1.89. The van der Waals surface area contributed by atoms with E-state index in [1.807, 2.05) is 0 Å². The molecule has 1 aliphatic heterocycles. The van der Waals surface area contributed by atoms with Crippen LogP contribution in [0.3, 0.4) is 0 Å². The molecule has 0 saturated carbocycles. The summed E-state index contributed by atoms with van der Waals surface area (Å²) in [5.74, 6) is 1.38. The highest BCUT2D eigenvalue weighted by atomic mass is 16.5. The summed E-state index contributed by atoms with van der Waals surface area (Å²) in [6, 6.07) is 6.30. The molecule has 116 valence electrons. The summed E-state index contributed by atoms with van der Waals surface area (Å²) in [6.07, 6.45) is 2.32. The maximum atomic E-state index is 11.9. The molecular weight excluding hydrogens is 266 g/mol. The fraction of sp³-hybridized carbons (Fsp3) is 0.588. The first kappa shape index (κ1) is 15.8. The molecule has 2 rings (SSSR count). The average molecular weight is 291 g/mol. The van der Waals surface area contributed by atoms with Crippen LogP contribution in [0.25, 0.3) is 0 Å². The second-order valence-corrected chi connectivity index (χ2v) is 5.77. The minimum Gasteiger partial charge on any atom is -0.496 e. The van der Waals surface area contributed by atoms with E-state index in [-0.39, 0.29) is 12.0 Å².